The third-order valence-electron chi connectivity index (χ3n) is 10.7. The molecule has 3 rings (SSSR count). The van der Waals surface area contributed by atoms with Gasteiger partial charge in [-0.1, -0.05) is 12.1 Å². The summed E-state index contributed by atoms with van der Waals surface area (Å²) in [6, 6.07) is 8.53. The molecule has 1 aliphatic rings. The number of nitrogens with one attached hydrogen (secondary N) is 6. The second kappa shape index (κ2) is 37.2. The molecule has 0 spiro atoms. The molecule has 0 unspecified atom stereocenters. The lowest BCUT2D eigenvalue weighted by atomic mass is 10.1. The van der Waals surface area contributed by atoms with Crippen molar-refractivity contribution in [2.24, 2.45) is 5.73 Å². The summed E-state index contributed by atoms with van der Waals surface area (Å²) in [6.45, 7) is 12.2. The van der Waals surface area contributed by atoms with Gasteiger partial charge in [0.2, 0.25) is 17.7 Å². The number of benzene rings is 2. The molecule has 26 nitrogen and oxygen atoms in total. The van der Waals surface area contributed by atoms with Crippen LogP contribution in [-0.2, 0) is 47.8 Å². The van der Waals surface area contributed by atoms with E-state index in [1.807, 2.05) is 14.7 Å². The van der Waals surface area contributed by atoms with Crippen LogP contribution in [-0.4, -0.2) is 219 Å². The first-order valence-electron chi connectivity index (χ1n) is 25.2. The van der Waals surface area contributed by atoms with Crippen molar-refractivity contribution in [1.82, 2.24) is 46.6 Å². The Balaban J connectivity index is 1.56. The molecule has 5 amide bonds. The van der Waals surface area contributed by atoms with Crippen molar-refractivity contribution >= 4 is 53.4 Å². The number of rotatable bonds is 31. The van der Waals surface area contributed by atoms with Crippen LogP contribution in [0.2, 0.25) is 0 Å². The molecular formula is C50H76N10O16. The van der Waals surface area contributed by atoms with Gasteiger partial charge in [-0.3, -0.25) is 57.9 Å². The second-order valence-corrected chi connectivity index (χ2v) is 17.1. The Kier molecular flexibility index (Phi) is 31.1. The molecule has 1 heterocycles. The highest BCUT2D eigenvalue weighted by molar-refractivity contribution is 5.99. The zero-order valence-corrected chi connectivity index (χ0v) is 44.1. The molecule has 2 aromatic rings. The lowest BCUT2D eigenvalue weighted by molar-refractivity contribution is -0.134. The summed E-state index contributed by atoms with van der Waals surface area (Å²) in [7, 11) is 0. The standard InChI is InChI=1S/C50H76N10O16/c1-36(61)73-42-11-5-9-40(47(42)75-38(3)63)49(68)56-17-15-54-45(66)33-58-21-19-52-20-22-59(24-26-60(25-23-58)35-44(65)53-14-8-28-71-30-32-72-31-29-70-27-7-13-51)34-46(67)55-16-18-57-50(69)41-10-6-12-43(74-37(2)62)48(41)76-39(4)64/h5-6,9-12,52H,7-8,13-35,51H2,1-4H3,(H,53,65)(H,54,66)(H,55,67)(H,56,68)(H,57,69). The monoisotopic (exact) mass is 1070 g/mol. The molecule has 0 atom stereocenters. The topological polar surface area (TPSA) is 326 Å². The number of hydrogen-bond donors (Lipinski definition) is 7. The normalized spacial score (nSPS) is 13.7. The molecule has 0 radical (unpaired) electrons. The van der Waals surface area contributed by atoms with Crippen molar-refractivity contribution in [1.29, 1.82) is 0 Å². The SMILES string of the molecule is CC(=O)Oc1cccc(C(=O)NCCNC(=O)CN2CCNCCN(CC(=O)NCCNC(=O)c3cccc(OC(C)=O)c3OC(C)=O)CCN(CC(=O)NCCCOCCOCCOCCCN)CC2)c1OC(C)=O. The molecule has 8 N–H and O–H groups in total. The highest BCUT2D eigenvalue weighted by atomic mass is 16.6. The van der Waals surface area contributed by atoms with Gasteiger partial charge >= 0.3 is 23.9 Å². The van der Waals surface area contributed by atoms with Gasteiger partial charge in [0, 0.05) is 126 Å². The predicted molar refractivity (Wildman–Crippen MR) is 275 cm³/mol. The van der Waals surface area contributed by atoms with Crippen LogP contribution in [0.15, 0.2) is 36.4 Å². The van der Waals surface area contributed by atoms with E-state index in [2.05, 4.69) is 31.9 Å². The Morgan fingerprint density at radius 1 is 0.461 bits per heavy atom. The van der Waals surface area contributed by atoms with Gasteiger partial charge in [-0.25, -0.2) is 0 Å². The van der Waals surface area contributed by atoms with Crippen molar-refractivity contribution < 1.29 is 76.3 Å². The van der Waals surface area contributed by atoms with Gasteiger partial charge < -0.3 is 70.8 Å². The molecule has 26 heteroatoms. The van der Waals surface area contributed by atoms with E-state index in [1.54, 1.807) is 0 Å². The van der Waals surface area contributed by atoms with Gasteiger partial charge in [-0.15, -0.1) is 0 Å². The molecule has 1 saturated heterocycles. The van der Waals surface area contributed by atoms with E-state index in [9.17, 15) is 43.2 Å². The van der Waals surface area contributed by atoms with E-state index in [1.165, 1.54) is 50.2 Å². The Bertz CT molecular complexity index is 2070. The van der Waals surface area contributed by atoms with Gasteiger partial charge in [0.1, 0.15) is 0 Å². The van der Waals surface area contributed by atoms with Gasteiger partial charge in [-0.05, 0) is 43.7 Å². The van der Waals surface area contributed by atoms with Crippen LogP contribution in [0, 0.1) is 0 Å². The molecule has 0 bridgehead atoms. The van der Waals surface area contributed by atoms with Crippen molar-refractivity contribution in [3.05, 3.63) is 47.5 Å². The van der Waals surface area contributed by atoms with E-state index >= 15 is 0 Å². The fourth-order valence-corrected chi connectivity index (χ4v) is 7.19. The van der Waals surface area contributed by atoms with E-state index in [4.69, 9.17) is 38.9 Å². The first kappa shape index (κ1) is 63.6. The van der Waals surface area contributed by atoms with Gasteiger partial charge in [-0.2, -0.15) is 0 Å². The highest BCUT2D eigenvalue weighted by Crippen LogP contribution is 2.33. The minimum atomic E-state index is -0.721. The second-order valence-electron chi connectivity index (χ2n) is 17.1. The molecule has 0 saturated carbocycles. The number of ether oxygens (including phenoxy) is 7. The van der Waals surface area contributed by atoms with Crippen LogP contribution in [0.3, 0.4) is 0 Å². The number of nitrogens with two attached hydrogens (primary N) is 1. The minimum Gasteiger partial charge on any atom is -0.423 e. The third-order valence-corrected chi connectivity index (χ3v) is 10.7. The molecule has 0 aromatic heterocycles. The number of para-hydroxylation sites is 2. The van der Waals surface area contributed by atoms with E-state index in [-0.39, 0.29) is 97.7 Å². The zero-order chi connectivity index (χ0) is 55.5. The molecule has 422 valence electrons. The largest absolute Gasteiger partial charge is 0.423 e. The Hall–Kier alpha value is -6.65. The summed E-state index contributed by atoms with van der Waals surface area (Å²) in [5.74, 6) is -5.45. The van der Waals surface area contributed by atoms with Crippen molar-refractivity contribution in [3.8, 4) is 23.0 Å². The smallest absolute Gasteiger partial charge is 0.308 e. The summed E-state index contributed by atoms with van der Waals surface area (Å²) in [5.41, 5.74) is 5.37. The number of amides is 5. The quantitative estimate of drug-likeness (QED) is 0.0249. The number of esters is 4. The molecule has 2 aromatic carbocycles. The zero-order valence-electron chi connectivity index (χ0n) is 44.1. The molecule has 1 fully saturated rings. The first-order valence-corrected chi connectivity index (χ1v) is 25.2. The van der Waals surface area contributed by atoms with Crippen molar-refractivity contribution in [2.45, 2.75) is 40.5 Å². The van der Waals surface area contributed by atoms with Gasteiger partial charge in [0.15, 0.2) is 23.0 Å². The average Bonchev–Trinajstić information content (AvgIpc) is 3.35. The van der Waals surface area contributed by atoms with Crippen LogP contribution in [0.5, 0.6) is 23.0 Å². The van der Waals surface area contributed by atoms with Crippen LogP contribution < -0.4 is 56.6 Å². The average molecular weight is 1070 g/mol. The Morgan fingerprint density at radius 2 is 0.816 bits per heavy atom. The maximum atomic E-state index is 13.3. The van der Waals surface area contributed by atoms with Crippen molar-refractivity contribution in [3.63, 3.8) is 0 Å². The molecular weight excluding hydrogens is 997 g/mol. The van der Waals surface area contributed by atoms with Crippen LogP contribution >= 0.6 is 0 Å². The number of hydrogen-bond acceptors (Lipinski definition) is 21. The lowest BCUT2D eigenvalue weighted by Crippen LogP contribution is -2.50. The fraction of sp³-hybridized carbons (Fsp3) is 0.580. The highest BCUT2D eigenvalue weighted by Gasteiger charge is 2.23. The maximum Gasteiger partial charge on any atom is 0.308 e. The molecule has 1 aliphatic heterocycles. The number of carbonyl (C=O) groups excluding carboxylic acids is 9. The minimum absolute atomic E-state index is 0.0189. The lowest BCUT2D eigenvalue weighted by Gasteiger charge is -2.31. The van der Waals surface area contributed by atoms with Gasteiger partial charge in [0.25, 0.3) is 11.8 Å². The summed E-state index contributed by atoms with van der Waals surface area (Å²) < 4.78 is 37.1. The molecule has 0 aliphatic carbocycles. The number of carbonyl (C=O) groups is 9. The summed E-state index contributed by atoms with van der Waals surface area (Å²) in [6.07, 6.45) is 1.38. The third kappa shape index (κ3) is 27.2. The predicted octanol–water partition coefficient (Wildman–Crippen LogP) is -1.81. The van der Waals surface area contributed by atoms with Crippen LogP contribution in [0.25, 0.3) is 0 Å². The van der Waals surface area contributed by atoms with Crippen molar-refractivity contribution in [2.75, 3.05) is 151 Å². The number of nitrogens with zero attached hydrogens (tertiary/aromatic N) is 3. The van der Waals surface area contributed by atoms with E-state index < -0.39 is 35.7 Å². The Labute approximate surface area is 443 Å². The summed E-state index contributed by atoms with van der Waals surface area (Å²) in [4.78, 5) is 119. The Morgan fingerprint density at radius 3 is 1.21 bits per heavy atom. The maximum absolute atomic E-state index is 13.3. The van der Waals surface area contributed by atoms with Crippen LogP contribution in [0.4, 0.5) is 0 Å². The van der Waals surface area contributed by atoms with E-state index in [0.717, 1.165) is 20.3 Å². The van der Waals surface area contributed by atoms with Gasteiger partial charge in [0.05, 0.1) is 57.2 Å². The summed E-state index contributed by atoms with van der Waals surface area (Å²) in [5, 5.41) is 17.3. The summed E-state index contributed by atoms with van der Waals surface area (Å²) >= 11 is 0. The fourth-order valence-electron chi connectivity index (χ4n) is 7.19. The van der Waals surface area contributed by atoms with Crippen LogP contribution in [0.1, 0.15) is 61.3 Å². The van der Waals surface area contributed by atoms with E-state index in [0.29, 0.717) is 112 Å². The first-order chi connectivity index (χ1) is 36.6. The molecule has 76 heavy (non-hydrogen) atoms.